The molecule has 0 radical (unpaired) electrons. The van der Waals surface area contributed by atoms with Gasteiger partial charge in [-0.3, -0.25) is 4.79 Å². The van der Waals surface area contributed by atoms with Crippen molar-refractivity contribution in [1.82, 2.24) is 20.0 Å². The Balaban J connectivity index is 1.61. The van der Waals surface area contributed by atoms with Crippen LogP contribution in [0.15, 0.2) is 22.9 Å². The fraction of sp³-hybridized carbons (Fsp3) is 0.500. The SMILES string of the molecule is CCc1nc(-c2ccc(N3CCN(C(=O)COC)CC3)nc2)no1. The largest absolute Gasteiger partial charge is 0.375 e. The first-order chi connectivity index (χ1) is 11.7. The Morgan fingerprint density at radius 2 is 2.08 bits per heavy atom. The number of ether oxygens (including phenoxy) is 1. The smallest absolute Gasteiger partial charge is 0.248 e. The molecule has 2 aromatic rings. The van der Waals surface area contributed by atoms with Gasteiger partial charge in [-0.1, -0.05) is 12.1 Å². The minimum absolute atomic E-state index is 0.0318. The van der Waals surface area contributed by atoms with Crippen LogP contribution in [0.3, 0.4) is 0 Å². The number of nitrogens with zero attached hydrogens (tertiary/aromatic N) is 5. The number of amides is 1. The van der Waals surface area contributed by atoms with Crippen molar-refractivity contribution in [1.29, 1.82) is 0 Å². The van der Waals surface area contributed by atoms with Gasteiger partial charge in [0.15, 0.2) is 0 Å². The second-order valence-electron chi connectivity index (χ2n) is 5.57. The minimum atomic E-state index is 0.0318. The molecule has 128 valence electrons. The summed E-state index contributed by atoms with van der Waals surface area (Å²) in [5.74, 6) is 2.09. The van der Waals surface area contributed by atoms with E-state index in [4.69, 9.17) is 9.26 Å². The molecule has 1 aliphatic rings. The molecule has 0 bridgehead atoms. The zero-order valence-electron chi connectivity index (χ0n) is 13.9. The van der Waals surface area contributed by atoms with Gasteiger partial charge in [-0.05, 0) is 12.1 Å². The van der Waals surface area contributed by atoms with Gasteiger partial charge < -0.3 is 19.1 Å². The molecular weight excluding hydrogens is 310 g/mol. The van der Waals surface area contributed by atoms with Crippen molar-refractivity contribution < 1.29 is 14.1 Å². The molecule has 0 saturated carbocycles. The van der Waals surface area contributed by atoms with Gasteiger partial charge in [0.25, 0.3) is 0 Å². The van der Waals surface area contributed by atoms with Crippen molar-refractivity contribution in [3.05, 3.63) is 24.2 Å². The summed E-state index contributed by atoms with van der Waals surface area (Å²) < 4.78 is 10.0. The number of rotatable bonds is 5. The van der Waals surface area contributed by atoms with Crippen LogP contribution in [-0.2, 0) is 16.0 Å². The topological polar surface area (TPSA) is 84.6 Å². The van der Waals surface area contributed by atoms with Crippen molar-refractivity contribution in [2.24, 2.45) is 0 Å². The predicted molar refractivity (Wildman–Crippen MR) is 87.6 cm³/mol. The quantitative estimate of drug-likeness (QED) is 0.807. The van der Waals surface area contributed by atoms with Crippen LogP contribution < -0.4 is 4.90 Å². The number of pyridine rings is 1. The Morgan fingerprint density at radius 1 is 1.29 bits per heavy atom. The Morgan fingerprint density at radius 3 is 2.67 bits per heavy atom. The third kappa shape index (κ3) is 3.53. The maximum absolute atomic E-state index is 11.8. The average Bonchev–Trinajstić information content (AvgIpc) is 3.11. The molecule has 2 aromatic heterocycles. The molecule has 1 aliphatic heterocycles. The van der Waals surface area contributed by atoms with E-state index in [2.05, 4.69) is 20.0 Å². The molecule has 1 saturated heterocycles. The van der Waals surface area contributed by atoms with Crippen LogP contribution in [0, 0.1) is 0 Å². The normalized spacial score (nSPS) is 14.9. The monoisotopic (exact) mass is 331 g/mol. The van der Waals surface area contributed by atoms with E-state index >= 15 is 0 Å². The van der Waals surface area contributed by atoms with E-state index in [1.807, 2.05) is 24.0 Å². The predicted octanol–water partition coefficient (Wildman–Crippen LogP) is 0.989. The van der Waals surface area contributed by atoms with Gasteiger partial charge in [-0.25, -0.2) is 4.98 Å². The molecule has 0 aliphatic carbocycles. The highest BCUT2D eigenvalue weighted by Gasteiger charge is 2.21. The van der Waals surface area contributed by atoms with Crippen LogP contribution in [0.4, 0.5) is 5.82 Å². The lowest BCUT2D eigenvalue weighted by Gasteiger charge is -2.35. The maximum atomic E-state index is 11.8. The van der Waals surface area contributed by atoms with Gasteiger partial charge in [0.05, 0.1) is 0 Å². The number of carbonyl (C=O) groups excluding carboxylic acids is 1. The molecule has 8 nitrogen and oxygen atoms in total. The first kappa shape index (κ1) is 16.4. The highest BCUT2D eigenvalue weighted by atomic mass is 16.5. The molecule has 1 amide bonds. The summed E-state index contributed by atoms with van der Waals surface area (Å²) in [7, 11) is 1.53. The number of methoxy groups -OCH3 is 1. The lowest BCUT2D eigenvalue weighted by molar-refractivity contribution is -0.135. The number of carbonyl (C=O) groups is 1. The molecular formula is C16H21N5O3. The summed E-state index contributed by atoms with van der Waals surface area (Å²) in [6, 6.07) is 3.89. The molecule has 0 N–H and O–H groups in total. The number of anilines is 1. The molecule has 24 heavy (non-hydrogen) atoms. The van der Waals surface area contributed by atoms with E-state index in [1.54, 1.807) is 6.20 Å². The molecule has 0 aromatic carbocycles. The van der Waals surface area contributed by atoms with Gasteiger partial charge in [-0.15, -0.1) is 0 Å². The molecule has 0 spiro atoms. The first-order valence-electron chi connectivity index (χ1n) is 8.02. The summed E-state index contributed by atoms with van der Waals surface area (Å²) in [5, 5.41) is 3.95. The van der Waals surface area contributed by atoms with Crippen LogP contribution in [0.5, 0.6) is 0 Å². The Labute approximate surface area is 140 Å². The zero-order valence-corrected chi connectivity index (χ0v) is 13.9. The standard InChI is InChI=1S/C16H21N5O3/c1-3-14-18-16(19-24-14)12-4-5-13(17-10-12)20-6-8-21(9-7-20)15(22)11-23-2/h4-5,10H,3,6-9,11H2,1-2H3. The number of piperazine rings is 1. The van der Waals surface area contributed by atoms with E-state index in [0.29, 0.717) is 31.2 Å². The summed E-state index contributed by atoms with van der Waals surface area (Å²) >= 11 is 0. The lowest BCUT2D eigenvalue weighted by atomic mass is 10.2. The molecule has 0 unspecified atom stereocenters. The second kappa shape index (κ2) is 7.39. The maximum Gasteiger partial charge on any atom is 0.248 e. The van der Waals surface area contributed by atoms with E-state index in [1.165, 1.54) is 7.11 Å². The molecule has 3 heterocycles. The fourth-order valence-electron chi connectivity index (χ4n) is 2.62. The Bertz CT molecular complexity index is 677. The lowest BCUT2D eigenvalue weighted by Crippen LogP contribution is -2.49. The van der Waals surface area contributed by atoms with Crippen LogP contribution in [0.2, 0.25) is 0 Å². The second-order valence-corrected chi connectivity index (χ2v) is 5.57. The van der Waals surface area contributed by atoms with Gasteiger partial charge in [0.2, 0.25) is 17.6 Å². The number of hydrogen-bond acceptors (Lipinski definition) is 7. The van der Waals surface area contributed by atoms with Gasteiger partial charge in [-0.2, -0.15) is 4.98 Å². The zero-order chi connectivity index (χ0) is 16.9. The van der Waals surface area contributed by atoms with E-state index < -0.39 is 0 Å². The number of aromatic nitrogens is 3. The van der Waals surface area contributed by atoms with E-state index in [0.717, 1.165) is 24.5 Å². The van der Waals surface area contributed by atoms with Gasteiger partial charge in [0.1, 0.15) is 12.4 Å². The van der Waals surface area contributed by atoms with Crippen LogP contribution >= 0.6 is 0 Å². The Hall–Kier alpha value is -2.48. The van der Waals surface area contributed by atoms with Gasteiger partial charge >= 0.3 is 0 Å². The number of aryl methyl sites for hydroxylation is 1. The van der Waals surface area contributed by atoms with Gasteiger partial charge in [0, 0.05) is 51.5 Å². The summed E-state index contributed by atoms with van der Waals surface area (Å²) in [5.41, 5.74) is 0.830. The summed E-state index contributed by atoms with van der Waals surface area (Å²) in [6.45, 7) is 4.97. The highest BCUT2D eigenvalue weighted by molar-refractivity contribution is 5.77. The molecule has 8 heteroatoms. The van der Waals surface area contributed by atoms with Crippen LogP contribution in [0.25, 0.3) is 11.4 Å². The third-order valence-electron chi connectivity index (χ3n) is 4.00. The summed E-state index contributed by atoms with van der Waals surface area (Å²) in [6.07, 6.45) is 2.46. The van der Waals surface area contributed by atoms with Crippen molar-refractivity contribution in [3.63, 3.8) is 0 Å². The van der Waals surface area contributed by atoms with Crippen molar-refractivity contribution >= 4 is 11.7 Å². The highest BCUT2D eigenvalue weighted by Crippen LogP contribution is 2.19. The van der Waals surface area contributed by atoms with E-state index in [9.17, 15) is 4.79 Å². The van der Waals surface area contributed by atoms with Crippen molar-refractivity contribution in [2.45, 2.75) is 13.3 Å². The Kier molecular flexibility index (Phi) is 5.05. The summed E-state index contributed by atoms with van der Waals surface area (Å²) in [4.78, 5) is 24.6. The van der Waals surface area contributed by atoms with Crippen LogP contribution in [-0.4, -0.2) is 65.8 Å². The average molecular weight is 331 g/mol. The van der Waals surface area contributed by atoms with Crippen LogP contribution in [0.1, 0.15) is 12.8 Å². The minimum Gasteiger partial charge on any atom is -0.375 e. The molecule has 0 atom stereocenters. The molecule has 3 rings (SSSR count). The van der Waals surface area contributed by atoms with Crippen molar-refractivity contribution in [3.8, 4) is 11.4 Å². The van der Waals surface area contributed by atoms with E-state index in [-0.39, 0.29) is 12.5 Å². The molecule has 1 fully saturated rings. The van der Waals surface area contributed by atoms with Crippen molar-refractivity contribution in [2.75, 3.05) is 44.8 Å². The fourth-order valence-corrected chi connectivity index (χ4v) is 2.62. The first-order valence-corrected chi connectivity index (χ1v) is 8.02. The number of hydrogen-bond donors (Lipinski definition) is 0. The third-order valence-corrected chi connectivity index (χ3v) is 4.00.